The summed E-state index contributed by atoms with van der Waals surface area (Å²) in [7, 11) is 0. The van der Waals surface area contributed by atoms with Crippen LogP contribution in [0.1, 0.15) is 23.2 Å². The number of nitrogens with zero attached hydrogens (tertiary/aromatic N) is 3. The highest BCUT2D eigenvalue weighted by atomic mass is 32.2. The summed E-state index contributed by atoms with van der Waals surface area (Å²) in [6, 6.07) is 8.18. The Kier molecular flexibility index (Phi) is 5.11. The van der Waals surface area contributed by atoms with Crippen LogP contribution in [0.25, 0.3) is 10.6 Å². The zero-order valence-corrected chi connectivity index (χ0v) is 15.0. The standard InChI is InChI=1S/C17H17FN4S2/c1-3-14-13(9-23-17-20-10(2)8-15(19)22-17)21-16(24-14)11-4-6-12(18)7-5-11/h4-8H,3,9H2,1-2H3,(H2,19,20,22). The van der Waals surface area contributed by atoms with Gasteiger partial charge in [-0.15, -0.1) is 11.3 Å². The lowest BCUT2D eigenvalue weighted by Gasteiger charge is -2.02. The van der Waals surface area contributed by atoms with E-state index in [-0.39, 0.29) is 5.82 Å². The third-order valence-electron chi connectivity index (χ3n) is 3.38. The van der Waals surface area contributed by atoms with Crippen molar-refractivity contribution in [3.05, 3.63) is 52.4 Å². The molecule has 0 unspecified atom stereocenters. The molecule has 0 amide bonds. The largest absolute Gasteiger partial charge is 0.384 e. The van der Waals surface area contributed by atoms with Crippen LogP contribution in [0.4, 0.5) is 10.2 Å². The Hall–Kier alpha value is -1.99. The number of anilines is 1. The summed E-state index contributed by atoms with van der Waals surface area (Å²) in [5.41, 5.74) is 8.58. The number of thiazole rings is 1. The molecule has 0 spiro atoms. The highest BCUT2D eigenvalue weighted by molar-refractivity contribution is 7.98. The van der Waals surface area contributed by atoms with Crippen LogP contribution in [0.15, 0.2) is 35.5 Å². The van der Waals surface area contributed by atoms with Crippen molar-refractivity contribution in [3.8, 4) is 10.6 Å². The average molecular weight is 360 g/mol. The second-order valence-corrected chi connectivity index (χ2v) is 7.28. The van der Waals surface area contributed by atoms with E-state index in [4.69, 9.17) is 10.7 Å². The molecule has 3 rings (SSSR count). The van der Waals surface area contributed by atoms with E-state index in [1.54, 1.807) is 29.5 Å². The number of aromatic nitrogens is 3. The quantitative estimate of drug-likeness (QED) is 0.537. The molecule has 0 aliphatic carbocycles. The van der Waals surface area contributed by atoms with Gasteiger partial charge >= 0.3 is 0 Å². The molecule has 7 heteroatoms. The first-order valence-electron chi connectivity index (χ1n) is 7.53. The van der Waals surface area contributed by atoms with Crippen molar-refractivity contribution in [1.29, 1.82) is 0 Å². The highest BCUT2D eigenvalue weighted by Crippen LogP contribution is 2.31. The molecule has 0 fully saturated rings. The van der Waals surface area contributed by atoms with Gasteiger partial charge in [0.05, 0.1) is 5.69 Å². The fourth-order valence-electron chi connectivity index (χ4n) is 2.25. The molecule has 0 aliphatic heterocycles. The number of aryl methyl sites for hydroxylation is 2. The lowest BCUT2D eigenvalue weighted by molar-refractivity contribution is 0.628. The van der Waals surface area contributed by atoms with Crippen LogP contribution >= 0.6 is 23.1 Å². The van der Waals surface area contributed by atoms with Gasteiger partial charge in [0.1, 0.15) is 16.6 Å². The minimum atomic E-state index is -0.240. The predicted molar refractivity (Wildman–Crippen MR) is 97.6 cm³/mol. The van der Waals surface area contributed by atoms with Crippen molar-refractivity contribution in [3.63, 3.8) is 0 Å². The van der Waals surface area contributed by atoms with Gasteiger partial charge in [-0.1, -0.05) is 18.7 Å². The summed E-state index contributed by atoms with van der Waals surface area (Å²) in [6.45, 7) is 4.01. The molecule has 0 saturated heterocycles. The molecular weight excluding hydrogens is 343 g/mol. The Morgan fingerprint density at radius 3 is 2.58 bits per heavy atom. The van der Waals surface area contributed by atoms with E-state index in [1.807, 2.05) is 6.92 Å². The number of nitrogen functional groups attached to an aromatic ring is 1. The molecule has 0 radical (unpaired) electrons. The van der Waals surface area contributed by atoms with Gasteiger partial charge in [0.25, 0.3) is 0 Å². The molecule has 0 atom stereocenters. The molecule has 124 valence electrons. The van der Waals surface area contributed by atoms with Crippen LogP contribution in [-0.4, -0.2) is 15.0 Å². The normalized spacial score (nSPS) is 11.0. The van der Waals surface area contributed by atoms with E-state index in [0.717, 1.165) is 28.4 Å². The van der Waals surface area contributed by atoms with Crippen LogP contribution in [-0.2, 0) is 12.2 Å². The van der Waals surface area contributed by atoms with E-state index >= 15 is 0 Å². The summed E-state index contributed by atoms with van der Waals surface area (Å²) >= 11 is 3.17. The second kappa shape index (κ2) is 7.27. The zero-order chi connectivity index (χ0) is 17.1. The fourth-order valence-corrected chi connectivity index (χ4v) is 4.25. The Bertz CT molecular complexity index is 826. The number of halogens is 1. The van der Waals surface area contributed by atoms with Crippen molar-refractivity contribution in [2.45, 2.75) is 31.2 Å². The molecule has 2 aromatic heterocycles. The Balaban J connectivity index is 1.81. The second-order valence-electron chi connectivity index (χ2n) is 5.25. The summed E-state index contributed by atoms with van der Waals surface area (Å²) < 4.78 is 13.1. The van der Waals surface area contributed by atoms with Crippen LogP contribution in [0, 0.1) is 12.7 Å². The highest BCUT2D eigenvalue weighted by Gasteiger charge is 2.13. The smallest absolute Gasteiger partial charge is 0.190 e. The van der Waals surface area contributed by atoms with E-state index in [0.29, 0.717) is 16.7 Å². The molecule has 2 heterocycles. The first-order chi connectivity index (χ1) is 11.5. The van der Waals surface area contributed by atoms with Crippen LogP contribution in [0.5, 0.6) is 0 Å². The van der Waals surface area contributed by atoms with Crippen molar-refractivity contribution in [2.24, 2.45) is 0 Å². The van der Waals surface area contributed by atoms with Gasteiger partial charge < -0.3 is 5.73 Å². The van der Waals surface area contributed by atoms with Gasteiger partial charge in [-0.25, -0.2) is 19.3 Å². The topological polar surface area (TPSA) is 64.7 Å². The van der Waals surface area contributed by atoms with Crippen molar-refractivity contribution < 1.29 is 4.39 Å². The Labute approximate surface area is 148 Å². The van der Waals surface area contributed by atoms with Crippen LogP contribution in [0.3, 0.4) is 0 Å². The molecule has 4 nitrogen and oxygen atoms in total. The third kappa shape index (κ3) is 3.91. The summed E-state index contributed by atoms with van der Waals surface area (Å²) in [6.07, 6.45) is 0.908. The Morgan fingerprint density at radius 1 is 1.17 bits per heavy atom. The first-order valence-corrected chi connectivity index (χ1v) is 9.34. The summed E-state index contributed by atoms with van der Waals surface area (Å²) in [5, 5.41) is 1.57. The minimum Gasteiger partial charge on any atom is -0.384 e. The monoisotopic (exact) mass is 360 g/mol. The summed E-state index contributed by atoms with van der Waals surface area (Å²) in [5.74, 6) is 0.922. The van der Waals surface area contributed by atoms with Crippen molar-refractivity contribution >= 4 is 28.9 Å². The van der Waals surface area contributed by atoms with Gasteiger partial charge in [0.2, 0.25) is 0 Å². The average Bonchev–Trinajstić information content (AvgIpc) is 2.96. The summed E-state index contributed by atoms with van der Waals surface area (Å²) in [4.78, 5) is 14.6. The maximum Gasteiger partial charge on any atom is 0.190 e. The lowest BCUT2D eigenvalue weighted by atomic mass is 10.2. The first kappa shape index (κ1) is 16.9. The zero-order valence-electron chi connectivity index (χ0n) is 13.4. The van der Waals surface area contributed by atoms with E-state index in [1.165, 1.54) is 28.8 Å². The van der Waals surface area contributed by atoms with Crippen molar-refractivity contribution in [2.75, 3.05) is 5.73 Å². The third-order valence-corrected chi connectivity index (χ3v) is 5.53. The van der Waals surface area contributed by atoms with Gasteiger partial charge in [-0.3, -0.25) is 0 Å². The molecule has 0 saturated carbocycles. The molecule has 24 heavy (non-hydrogen) atoms. The molecule has 2 N–H and O–H groups in total. The molecule has 0 bridgehead atoms. The molecule has 1 aromatic carbocycles. The molecule has 0 aliphatic rings. The fraction of sp³-hybridized carbons (Fsp3) is 0.235. The number of rotatable bonds is 5. The molecule has 3 aromatic rings. The number of hydrogen-bond acceptors (Lipinski definition) is 6. The van der Waals surface area contributed by atoms with E-state index in [9.17, 15) is 4.39 Å². The number of hydrogen-bond donors (Lipinski definition) is 1. The van der Waals surface area contributed by atoms with E-state index in [2.05, 4.69) is 16.9 Å². The lowest BCUT2D eigenvalue weighted by Crippen LogP contribution is -1.97. The van der Waals surface area contributed by atoms with Gasteiger partial charge in [0.15, 0.2) is 5.16 Å². The van der Waals surface area contributed by atoms with Gasteiger partial charge in [0, 0.05) is 28.0 Å². The van der Waals surface area contributed by atoms with Gasteiger partial charge in [-0.05, 0) is 37.6 Å². The van der Waals surface area contributed by atoms with Crippen LogP contribution < -0.4 is 5.73 Å². The maximum atomic E-state index is 13.1. The molecular formula is C17H17FN4S2. The van der Waals surface area contributed by atoms with E-state index < -0.39 is 0 Å². The number of thioether (sulfide) groups is 1. The van der Waals surface area contributed by atoms with Crippen molar-refractivity contribution in [1.82, 2.24) is 15.0 Å². The number of benzene rings is 1. The van der Waals surface area contributed by atoms with Crippen LogP contribution in [0.2, 0.25) is 0 Å². The SMILES string of the molecule is CCc1sc(-c2ccc(F)cc2)nc1CSc1nc(C)cc(N)n1. The minimum absolute atomic E-state index is 0.240. The van der Waals surface area contributed by atoms with Gasteiger partial charge in [-0.2, -0.15) is 0 Å². The maximum absolute atomic E-state index is 13.1. The number of nitrogens with two attached hydrogens (primary N) is 1. The Morgan fingerprint density at radius 2 is 1.92 bits per heavy atom. The predicted octanol–water partition coefficient (Wildman–Crippen LogP) is 4.48.